The predicted octanol–water partition coefficient (Wildman–Crippen LogP) is 4.85. The molecule has 0 aromatic carbocycles. The Kier molecular flexibility index (Phi) is 5.34. The molecule has 0 amide bonds. The molecule has 0 radical (unpaired) electrons. The topological polar surface area (TPSA) is 68.8 Å². The number of rotatable bonds is 6. The Morgan fingerprint density at radius 3 is 2.66 bits per heavy atom. The van der Waals surface area contributed by atoms with Gasteiger partial charge >= 0.3 is 0 Å². The van der Waals surface area contributed by atoms with Gasteiger partial charge in [-0.1, -0.05) is 0 Å². The molecule has 0 bridgehead atoms. The van der Waals surface area contributed by atoms with Crippen molar-refractivity contribution in [3.8, 4) is 5.82 Å². The third-order valence-electron chi connectivity index (χ3n) is 5.35. The molecule has 0 aliphatic heterocycles. The van der Waals surface area contributed by atoms with E-state index < -0.39 is 5.92 Å². The van der Waals surface area contributed by atoms with Crippen molar-refractivity contribution in [3.63, 3.8) is 0 Å². The van der Waals surface area contributed by atoms with Gasteiger partial charge in [-0.3, -0.25) is 0 Å². The van der Waals surface area contributed by atoms with Crippen molar-refractivity contribution in [2.75, 3.05) is 5.32 Å². The summed E-state index contributed by atoms with van der Waals surface area (Å²) in [5.74, 6) is -0.995. The lowest BCUT2D eigenvalue weighted by Gasteiger charge is -2.28. The molecule has 154 valence electrons. The van der Waals surface area contributed by atoms with Crippen LogP contribution in [-0.2, 0) is 13.0 Å². The van der Waals surface area contributed by atoms with Crippen LogP contribution in [0.15, 0.2) is 35.1 Å². The largest absolute Gasteiger partial charge is 0.447 e. The summed E-state index contributed by atoms with van der Waals surface area (Å²) in [5.41, 5.74) is 3.65. The second kappa shape index (κ2) is 7.93. The van der Waals surface area contributed by atoms with Crippen LogP contribution in [0.2, 0.25) is 0 Å². The summed E-state index contributed by atoms with van der Waals surface area (Å²) in [4.78, 5) is 8.91. The van der Waals surface area contributed by atoms with E-state index in [1.54, 1.807) is 6.20 Å². The zero-order valence-corrected chi connectivity index (χ0v) is 16.7. The summed E-state index contributed by atoms with van der Waals surface area (Å²) in [6, 6.07) is 5.91. The summed E-state index contributed by atoms with van der Waals surface area (Å²) in [7, 11) is 0. The predicted molar refractivity (Wildman–Crippen MR) is 105 cm³/mol. The van der Waals surface area contributed by atoms with E-state index in [0.29, 0.717) is 37.5 Å². The number of oxazole rings is 1. The summed E-state index contributed by atoms with van der Waals surface area (Å²) < 4.78 is 34.1. The first-order chi connectivity index (χ1) is 13.9. The molecule has 3 aromatic heterocycles. The number of anilines is 1. The Morgan fingerprint density at radius 1 is 1.21 bits per heavy atom. The number of hydrogen-bond acceptors (Lipinski definition) is 5. The van der Waals surface area contributed by atoms with E-state index in [1.165, 1.54) is 6.26 Å². The first-order valence-electron chi connectivity index (χ1n) is 9.93. The highest BCUT2D eigenvalue weighted by Gasteiger charge is 2.35. The first kappa shape index (κ1) is 19.5. The average Bonchev–Trinajstić information content (AvgIpc) is 3.31. The standard InChI is InChI=1S/C21H25F2N5O/c1-14-9-15(2)28(27-14)19-12-17(25-13-20-24-7-8-29-20)11-18(26-19)10-16-3-5-21(22,23)6-4-16/h7-9,11-12,16H,3-6,10,13H2,1-2H3,(H,25,26). The van der Waals surface area contributed by atoms with Gasteiger partial charge in [-0.2, -0.15) is 5.10 Å². The minimum atomic E-state index is -2.52. The van der Waals surface area contributed by atoms with Gasteiger partial charge < -0.3 is 9.73 Å². The molecule has 0 unspecified atom stereocenters. The molecular formula is C21H25F2N5O. The second-order valence-corrected chi connectivity index (χ2v) is 7.83. The normalized spacial score (nSPS) is 16.8. The SMILES string of the molecule is Cc1cc(C)n(-c2cc(NCc3ncco3)cc(CC3CCC(F)(F)CC3)n2)n1. The lowest BCUT2D eigenvalue weighted by atomic mass is 9.84. The number of aromatic nitrogens is 4. The monoisotopic (exact) mass is 401 g/mol. The highest BCUT2D eigenvalue weighted by atomic mass is 19.3. The van der Waals surface area contributed by atoms with Gasteiger partial charge in [0, 0.05) is 36.0 Å². The fourth-order valence-corrected chi connectivity index (χ4v) is 3.87. The van der Waals surface area contributed by atoms with Gasteiger partial charge in [0.25, 0.3) is 0 Å². The molecule has 1 saturated carbocycles. The maximum Gasteiger partial charge on any atom is 0.248 e. The number of nitrogens with zero attached hydrogens (tertiary/aromatic N) is 4. The van der Waals surface area contributed by atoms with Crippen LogP contribution in [0, 0.1) is 19.8 Å². The third kappa shape index (κ3) is 4.81. The smallest absolute Gasteiger partial charge is 0.248 e. The van der Waals surface area contributed by atoms with Gasteiger partial charge in [0.05, 0.1) is 18.4 Å². The number of pyridine rings is 1. The zero-order chi connectivity index (χ0) is 20.4. The van der Waals surface area contributed by atoms with Crippen LogP contribution >= 0.6 is 0 Å². The first-order valence-corrected chi connectivity index (χ1v) is 9.93. The molecule has 0 atom stereocenters. The van der Waals surface area contributed by atoms with Crippen LogP contribution in [0.1, 0.15) is 48.7 Å². The van der Waals surface area contributed by atoms with E-state index in [-0.39, 0.29) is 18.8 Å². The quantitative estimate of drug-likeness (QED) is 0.639. The molecule has 0 spiro atoms. The van der Waals surface area contributed by atoms with Gasteiger partial charge in [-0.05, 0) is 51.2 Å². The lowest BCUT2D eigenvalue weighted by molar-refractivity contribution is -0.0457. The van der Waals surface area contributed by atoms with Gasteiger partial charge in [0.15, 0.2) is 5.82 Å². The lowest BCUT2D eigenvalue weighted by Crippen LogP contribution is -2.25. The highest BCUT2D eigenvalue weighted by molar-refractivity contribution is 5.50. The Labute approximate surface area is 168 Å². The van der Waals surface area contributed by atoms with Crippen molar-refractivity contribution < 1.29 is 13.2 Å². The zero-order valence-electron chi connectivity index (χ0n) is 16.7. The van der Waals surface area contributed by atoms with Crippen LogP contribution in [-0.4, -0.2) is 25.7 Å². The van der Waals surface area contributed by atoms with Gasteiger partial charge in [0.1, 0.15) is 6.26 Å². The molecule has 4 rings (SSSR count). The van der Waals surface area contributed by atoms with Crippen molar-refractivity contribution in [2.45, 2.75) is 58.4 Å². The second-order valence-electron chi connectivity index (χ2n) is 7.83. The Balaban J connectivity index is 1.58. The molecule has 8 heteroatoms. The fourth-order valence-electron chi connectivity index (χ4n) is 3.87. The Morgan fingerprint density at radius 2 is 2.00 bits per heavy atom. The molecule has 29 heavy (non-hydrogen) atoms. The van der Waals surface area contributed by atoms with Gasteiger partial charge in [-0.25, -0.2) is 23.4 Å². The summed E-state index contributed by atoms with van der Waals surface area (Å²) >= 11 is 0. The number of halogens is 2. The highest BCUT2D eigenvalue weighted by Crippen LogP contribution is 2.37. The van der Waals surface area contributed by atoms with Gasteiger partial charge in [-0.15, -0.1) is 0 Å². The van der Waals surface area contributed by atoms with E-state index in [2.05, 4.69) is 15.4 Å². The van der Waals surface area contributed by atoms with Crippen LogP contribution < -0.4 is 5.32 Å². The van der Waals surface area contributed by atoms with Crippen LogP contribution in [0.3, 0.4) is 0 Å². The molecule has 1 aliphatic carbocycles. The van der Waals surface area contributed by atoms with E-state index in [4.69, 9.17) is 9.40 Å². The van der Waals surface area contributed by atoms with Crippen molar-refractivity contribution in [1.29, 1.82) is 0 Å². The maximum absolute atomic E-state index is 13.5. The molecular weight excluding hydrogens is 376 g/mol. The molecule has 1 fully saturated rings. The summed E-state index contributed by atoms with van der Waals surface area (Å²) in [5, 5.41) is 7.85. The summed E-state index contributed by atoms with van der Waals surface area (Å²) in [6.45, 7) is 4.37. The van der Waals surface area contributed by atoms with Crippen LogP contribution in [0.25, 0.3) is 5.82 Å². The van der Waals surface area contributed by atoms with Crippen LogP contribution in [0.5, 0.6) is 0 Å². The van der Waals surface area contributed by atoms with E-state index in [9.17, 15) is 8.78 Å². The summed E-state index contributed by atoms with van der Waals surface area (Å²) in [6.07, 6.45) is 4.80. The minimum absolute atomic E-state index is 0.0376. The van der Waals surface area contributed by atoms with Gasteiger partial charge in [0.2, 0.25) is 11.8 Å². The Hall–Kier alpha value is -2.77. The fraction of sp³-hybridized carbons (Fsp3) is 0.476. The number of alkyl halides is 2. The third-order valence-corrected chi connectivity index (χ3v) is 5.35. The molecule has 3 aromatic rings. The van der Waals surface area contributed by atoms with Crippen molar-refractivity contribution >= 4 is 5.69 Å². The Bertz CT molecular complexity index is 958. The molecule has 0 saturated heterocycles. The number of hydrogen-bond donors (Lipinski definition) is 1. The van der Waals surface area contributed by atoms with Crippen molar-refractivity contribution in [2.24, 2.45) is 5.92 Å². The number of aryl methyl sites for hydroxylation is 2. The van der Waals surface area contributed by atoms with E-state index >= 15 is 0 Å². The average molecular weight is 401 g/mol. The molecule has 3 heterocycles. The van der Waals surface area contributed by atoms with Crippen molar-refractivity contribution in [1.82, 2.24) is 19.7 Å². The van der Waals surface area contributed by atoms with E-state index in [1.807, 2.05) is 36.7 Å². The number of nitrogens with one attached hydrogen (secondary N) is 1. The van der Waals surface area contributed by atoms with E-state index in [0.717, 1.165) is 22.8 Å². The molecule has 1 N–H and O–H groups in total. The molecule has 6 nitrogen and oxygen atoms in total. The maximum atomic E-state index is 13.5. The van der Waals surface area contributed by atoms with Crippen molar-refractivity contribution in [3.05, 3.63) is 53.6 Å². The molecule has 1 aliphatic rings. The van der Waals surface area contributed by atoms with Crippen LogP contribution in [0.4, 0.5) is 14.5 Å². The minimum Gasteiger partial charge on any atom is -0.447 e.